The van der Waals surface area contributed by atoms with E-state index in [4.69, 9.17) is 0 Å². The number of carbonyl (C=O) groups is 8. The van der Waals surface area contributed by atoms with Crippen LogP contribution in [0.5, 0.6) is 0 Å². The van der Waals surface area contributed by atoms with Crippen molar-refractivity contribution in [3.8, 4) is 0 Å². The summed E-state index contributed by atoms with van der Waals surface area (Å²) in [6.45, 7) is 30.4. The van der Waals surface area contributed by atoms with E-state index in [1.165, 1.54) is 24.3 Å². The van der Waals surface area contributed by atoms with Crippen molar-refractivity contribution in [2.45, 2.75) is 118 Å². The van der Waals surface area contributed by atoms with Gasteiger partial charge in [-0.3, -0.25) is 0 Å². The molecule has 0 bridgehead atoms. The number of aryl methyl sites for hydroxylation is 17. The summed E-state index contributed by atoms with van der Waals surface area (Å²) in [6, 6.07) is 28.3. The van der Waals surface area contributed by atoms with Gasteiger partial charge in [-0.05, 0) is 0 Å². The first-order valence-electron chi connectivity index (χ1n) is 26.0. The van der Waals surface area contributed by atoms with Crippen LogP contribution in [0.2, 0.25) is 0 Å². The molecule has 10 heteroatoms. The van der Waals surface area contributed by atoms with Crippen molar-refractivity contribution in [1.29, 1.82) is 0 Å². The number of rotatable bonds is 16. The molecule has 7 aromatic carbocycles. The molecule has 77 heavy (non-hydrogen) atoms. The van der Waals surface area contributed by atoms with Crippen LogP contribution in [-0.2, 0) is 0 Å². The molecule has 0 aromatic heterocycles. The van der Waals surface area contributed by atoms with Gasteiger partial charge < -0.3 is 0 Å². The predicted octanol–water partition coefficient (Wildman–Crippen LogP) is 13.8. The predicted molar refractivity (Wildman–Crippen MR) is 312 cm³/mol. The molecule has 0 atom stereocenters. The average Bonchev–Trinajstić information content (AvgIpc) is 3.30. The van der Waals surface area contributed by atoms with Gasteiger partial charge in [0.05, 0.1) is 0 Å². The Kier molecular flexibility index (Phi) is 16.3. The van der Waals surface area contributed by atoms with Crippen LogP contribution < -0.4 is 0 Å². The maximum absolute atomic E-state index is 16.4. The number of benzene rings is 7. The van der Waals surface area contributed by atoms with Crippen molar-refractivity contribution >= 4 is 63.5 Å². The fourth-order valence-corrected chi connectivity index (χ4v) is 29.6. The first-order chi connectivity index (χ1) is 36.0. The summed E-state index contributed by atoms with van der Waals surface area (Å²) in [5, 5.41) is 0. The van der Waals surface area contributed by atoms with Crippen LogP contribution in [0.25, 0.3) is 0 Å². The van der Waals surface area contributed by atoms with E-state index >= 15 is 38.4 Å². The molecule has 0 aliphatic rings. The molecular weight excluding hydrogens is 1080 g/mol. The van der Waals surface area contributed by atoms with Crippen molar-refractivity contribution in [3.05, 3.63) is 242 Å². The van der Waals surface area contributed by atoms with Crippen LogP contribution in [0.4, 0.5) is 0 Å². The number of hydrogen-bond donors (Lipinski definition) is 0. The summed E-state index contributed by atoms with van der Waals surface area (Å²) in [6.07, 6.45) is 0. The molecule has 7 aromatic rings. The molecule has 0 spiro atoms. The van der Waals surface area contributed by atoms with Gasteiger partial charge in [-0.2, -0.15) is 0 Å². The van der Waals surface area contributed by atoms with E-state index in [1.807, 2.05) is 41.5 Å². The Morgan fingerprint density at radius 1 is 0.221 bits per heavy atom. The fraction of sp³-hybridized carbons (Fsp3) is 0.254. The quantitative estimate of drug-likeness (QED) is 0.0873. The Morgan fingerprint density at radius 3 is 0.623 bits per heavy atom. The Hall–Kier alpha value is -7.01. The third kappa shape index (κ3) is 9.99. The zero-order chi connectivity index (χ0) is 57.1. The SMILES string of the molecule is Cc1ccc([C](=O)[Ge]([C](=O)c2ccc([C](=O)[Ge]([C](=O)c3c(C)cc(C)cc3C)([C](=O)c3c(C)cc(C)cc3C)[C](=O)c3c(C)cc(C)cc3C)cc2)([C](=O)c2c(C)cc(C)cc2C)[C](=O)c2c(C)cc(C)cc2C)c(C)c1. The molecule has 7 rings (SSSR count). The normalized spacial score (nSPS) is 11.6. The average molecular weight is 1150 g/mol. The van der Waals surface area contributed by atoms with Gasteiger partial charge in [0.1, 0.15) is 0 Å². The number of carbonyl (C=O) groups excluding carboxylic acids is 8. The van der Waals surface area contributed by atoms with E-state index < -0.39 is 63.5 Å². The second kappa shape index (κ2) is 21.8. The topological polar surface area (TPSA) is 137 Å². The molecule has 0 aliphatic heterocycles. The van der Waals surface area contributed by atoms with Crippen molar-refractivity contribution in [2.24, 2.45) is 0 Å². The molecular formula is C67H68Ge2O8. The van der Waals surface area contributed by atoms with Gasteiger partial charge >= 0.3 is 462 Å². The molecule has 0 N–H and O–H groups in total. The van der Waals surface area contributed by atoms with E-state index in [0.717, 1.165) is 33.4 Å². The monoisotopic (exact) mass is 1150 g/mol. The summed E-state index contributed by atoms with van der Waals surface area (Å²) in [5.41, 5.74) is 11.0. The summed E-state index contributed by atoms with van der Waals surface area (Å²) in [7, 11) is 0. The van der Waals surface area contributed by atoms with E-state index in [1.54, 1.807) is 155 Å². The van der Waals surface area contributed by atoms with Gasteiger partial charge in [-0.25, -0.2) is 0 Å². The van der Waals surface area contributed by atoms with Crippen LogP contribution >= 0.6 is 0 Å². The molecule has 392 valence electrons. The summed E-state index contributed by atoms with van der Waals surface area (Å²) in [5.74, 6) is 0. The van der Waals surface area contributed by atoms with Crippen LogP contribution in [-0.4, -0.2) is 63.5 Å². The third-order valence-electron chi connectivity index (χ3n) is 15.3. The fourth-order valence-electron chi connectivity index (χ4n) is 12.3. The molecule has 0 saturated heterocycles. The molecule has 8 nitrogen and oxygen atoms in total. The van der Waals surface area contributed by atoms with Crippen molar-refractivity contribution in [1.82, 2.24) is 0 Å². The van der Waals surface area contributed by atoms with Gasteiger partial charge in [0.15, 0.2) is 0 Å². The second-order valence-electron chi connectivity index (χ2n) is 21.9. The van der Waals surface area contributed by atoms with Crippen LogP contribution in [0.15, 0.2) is 103 Å². The summed E-state index contributed by atoms with van der Waals surface area (Å²) in [4.78, 5) is 130. The minimum absolute atomic E-state index is 0.0841. The first-order valence-corrected chi connectivity index (χ1v) is 34.4. The molecule has 0 heterocycles. The van der Waals surface area contributed by atoms with E-state index in [2.05, 4.69) is 0 Å². The summed E-state index contributed by atoms with van der Waals surface area (Å²) < 4.78 is -6.76. The van der Waals surface area contributed by atoms with Gasteiger partial charge in [-0.15, -0.1) is 0 Å². The first kappa shape index (κ1) is 57.7. The third-order valence-corrected chi connectivity index (χ3v) is 31.1. The minimum atomic E-state index is -6.38. The standard InChI is InChI=1S/C67H68Ge2O8/c1-35-18-23-54(41(7)24-35)62(72)68(63(73)55-42(8)25-36(2)26-43(55)9,64(74)56-44(10)27-37(3)28-45(56)11)60(70)52-19-21-53(22-20-52)61(71)69(65(75)57-46(12)29-38(4)30-47(57)13,66(76)58-48(14)31-39(5)32-49(58)15)67(77)59-50(16)33-40(6)34-51(59)17/h18-34H,1-17H3. The number of hydrogen-bond acceptors (Lipinski definition) is 8. The van der Waals surface area contributed by atoms with Crippen LogP contribution in [0, 0.1) is 118 Å². The van der Waals surface area contributed by atoms with Gasteiger partial charge in [-0.1, -0.05) is 0 Å². The Labute approximate surface area is 458 Å². The second-order valence-corrected chi connectivity index (χ2v) is 35.8. The van der Waals surface area contributed by atoms with E-state index in [-0.39, 0.29) is 44.5 Å². The summed E-state index contributed by atoms with van der Waals surface area (Å²) >= 11 is -12.7. The Morgan fingerprint density at radius 2 is 0.416 bits per heavy atom. The van der Waals surface area contributed by atoms with Crippen molar-refractivity contribution < 1.29 is 38.4 Å². The van der Waals surface area contributed by atoms with Gasteiger partial charge in [0.25, 0.3) is 0 Å². The van der Waals surface area contributed by atoms with Crippen LogP contribution in [0.3, 0.4) is 0 Å². The molecule has 0 radical (unpaired) electrons. The zero-order valence-electron chi connectivity index (χ0n) is 47.6. The Bertz CT molecular complexity index is 3400. The molecule has 0 unspecified atom stereocenters. The molecule has 0 saturated carbocycles. The van der Waals surface area contributed by atoms with Crippen LogP contribution in [0.1, 0.15) is 177 Å². The van der Waals surface area contributed by atoms with E-state index in [9.17, 15) is 0 Å². The maximum atomic E-state index is 16.4. The van der Waals surface area contributed by atoms with Crippen molar-refractivity contribution in [3.63, 3.8) is 0 Å². The molecule has 0 aliphatic carbocycles. The van der Waals surface area contributed by atoms with E-state index in [0.29, 0.717) is 61.2 Å². The van der Waals surface area contributed by atoms with Gasteiger partial charge in [0.2, 0.25) is 0 Å². The van der Waals surface area contributed by atoms with Crippen molar-refractivity contribution in [2.75, 3.05) is 0 Å². The molecule has 0 amide bonds. The van der Waals surface area contributed by atoms with Gasteiger partial charge in [0, 0.05) is 0 Å². The molecule has 0 fully saturated rings. The zero-order valence-corrected chi connectivity index (χ0v) is 51.8. The Balaban J connectivity index is 1.57.